The fourth-order valence-electron chi connectivity index (χ4n) is 3.06. The van der Waals surface area contributed by atoms with E-state index in [-0.39, 0.29) is 17.6 Å². The lowest BCUT2D eigenvalue weighted by Gasteiger charge is -2.24. The van der Waals surface area contributed by atoms with Crippen LogP contribution in [0.1, 0.15) is 18.7 Å². The van der Waals surface area contributed by atoms with Crippen molar-refractivity contribution < 1.29 is 29.1 Å². The molecule has 8 N–H and O–H groups in total. The molecule has 2 amide bonds. The van der Waals surface area contributed by atoms with Crippen molar-refractivity contribution in [3.8, 4) is 0 Å². The van der Waals surface area contributed by atoms with Crippen molar-refractivity contribution in [1.29, 1.82) is 0 Å². The second kappa shape index (κ2) is 12.5. The van der Waals surface area contributed by atoms with Crippen molar-refractivity contribution in [2.45, 2.75) is 19.0 Å². The van der Waals surface area contributed by atoms with E-state index in [4.69, 9.17) is 14.7 Å². The molecule has 2 aromatic carbocycles. The molecule has 0 bridgehead atoms. The number of hydrogen-bond donors (Lipinski definition) is 8. The maximum atomic E-state index is 13.6. The van der Waals surface area contributed by atoms with Crippen LogP contribution in [0.2, 0.25) is 0 Å². The molecular weight excluding hydrogens is 528 g/mol. The second-order valence-corrected chi connectivity index (χ2v) is 8.32. The Balaban J connectivity index is 1.55. The highest BCUT2D eigenvalue weighted by Gasteiger charge is 2.27. The number of rotatable bonds is 11. The van der Waals surface area contributed by atoms with E-state index in [0.717, 1.165) is 0 Å². The summed E-state index contributed by atoms with van der Waals surface area (Å²) in [4.78, 5) is 12.1. The van der Waals surface area contributed by atoms with Crippen molar-refractivity contribution in [3.05, 3.63) is 58.4 Å². The minimum Gasteiger partial charge on any atom is -0.423 e. The normalized spacial score (nSPS) is 12.5. The van der Waals surface area contributed by atoms with Gasteiger partial charge < -0.3 is 36.5 Å². The molecule has 15 heteroatoms. The van der Waals surface area contributed by atoms with Crippen LogP contribution < -0.4 is 32.2 Å². The number of halogens is 2. The molecule has 1 aromatic heterocycles. The highest BCUT2D eigenvalue weighted by atomic mass is 79.9. The molecule has 12 nitrogen and oxygen atoms in total. The minimum absolute atomic E-state index is 0.225. The van der Waals surface area contributed by atoms with Crippen LogP contribution in [0.5, 0.6) is 0 Å². The zero-order chi connectivity index (χ0) is 25.4. The Labute approximate surface area is 208 Å². The van der Waals surface area contributed by atoms with Crippen LogP contribution in [0, 0.1) is 5.82 Å². The summed E-state index contributed by atoms with van der Waals surface area (Å²) >= 11 is 3.14. The first-order valence-corrected chi connectivity index (χ1v) is 11.3. The Kier molecular flexibility index (Phi) is 9.39. The Hall–Kier alpha value is -3.24. The minimum atomic E-state index is -1.58. The van der Waals surface area contributed by atoms with E-state index in [2.05, 4.69) is 53.0 Å². The van der Waals surface area contributed by atoms with Crippen molar-refractivity contribution in [2.75, 3.05) is 29.0 Å². The molecule has 2 atom stereocenters. The van der Waals surface area contributed by atoms with Crippen LogP contribution >= 0.6 is 15.9 Å². The molecule has 0 saturated carbocycles. The molecule has 0 saturated heterocycles. The van der Waals surface area contributed by atoms with Gasteiger partial charge in [-0.15, -0.1) is 0 Å². The SMILES string of the molecule is C[C@H](NO)C(Nc1ccc(F)c(Br)c1)c1nonc1NCCNC(=O)Nc1ccc(B(O)O)cc1. The van der Waals surface area contributed by atoms with Gasteiger partial charge in [0.25, 0.3) is 0 Å². The number of hydroxylamine groups is 1. The molecule has 0 spiro atoms. The first kappa shape index (κ1) is 26.4. The van der Waals surface area contributed by atoms with Gasteiger partial charge in [0, 0.05) is 24.5 Å². The first-order valence-electron chi connectivity index (χ1n) is 10.5. The van der Waals surface area contributed by atoms with Crippen molar-refractivity contribution in [1.82, 2.24) is 21.1 Å². The van der Waals surface area contributed by atoms with Gasteiger partial charge in [-0.2, -0.15) is 0 Å². The number of carbonyl (C=O) groups is 1. The van der Waals surface area contributed by atoms with E-state index in [9.17, 15) is 14.4 Å². The molecule has 0 aliphatic heterocycles. The third-order valence-corrected chi connectivity index (χ3v) is 5.53. The molecule has 1 heterocycles. The fourth-order valence-corrected chi connectivity index (χ4v) is 3.44. The molecule has 35 heavy (non-hydrogen) atoms. The number of benzene rings is 2. The highest BCUT2D eigenvalue weighted by Crippen LogP contribution is 2.28. The summed E-state index contributed by atoms with van der Waals surface area (Å²) in [5.41, 5.74) is 3.88. The Morgan fingerprint density at radius 2 is 1.86 bits per heavy atom. The summed E-state index contributed by atoms with van der Waals surface area (Å²) in [6, 6.07) is 8.85. The molecule has 0 fully saturated rings. The average Bonchev–Trinajstić information content (AvgIpc) is 3.30. The van der Waals surface area contributed by atoms with Gasteiger partial charge in [0.15, 0.2) is 11.5 Å². The molecule has 0 aliphatic carbocycles. The van der Waals surface area contributed by atoms with Crippen molar-refractivity contribution in [2.24, 2.45) is 0 Å². The third-order valence-electron chi connectivity index (χ3n) is 4.92. The van der Waals surface area contributed by atoms with Crippen molar-refractivity contribution in [3.63, 3.8) is 0 Å². The topological polar surface area (TPSA) is 177 Å². The lowest BCUT2D eigenvalue weighted by molar-refractivity contribution is 0.123. The zero-order valence-electron chi connectivity index (χ0n) is 18.5. The van der Waals surface area contributed by atoms with Crippen molar-refractivity contribution >= 4 is 51.7 Å². The Bertz CT molecular complexity index is 1120. The predicted octanol–water partition coefficient (Wildman–Crippen LogP) is 1.41. The summed E-state index contributed by atoms with van der Waals surface area (Å²) in [6.07, 6.45) is 0. The number of aromatic nitrogens is 2. The van der Waals surface area contributed by atoms with Gasteiger partial charge in [0.2, 0.25) is 0 Å². The van der Waals surface area contributed by atoms with Gasteiger partial charge in [0.1, 0.15) is 5.82 Å². The summed E-state index contributed by atoms with van der Waals surface area (Å²) < 4.78 is 18.7. The van der Waals surface area contributed by atoms with E-state index in [1.54, 1.807) is 31.2 Å². The van der Waals surface area contributed by atoms with Crippen LogP contribution in [-0.4, -0.2) is 57.8 Å². The van der Waals surface area contributed by atoms with E-state index in [1.807, 2.05) is 0 Å². The molecule has 3 rings (SSSR count). The highest BCUT2D eigenvalue weighted by molar-refractivity contribution is 9.10. The third kappa shape index (κ3) is 7.37. The van der Waals surface area contributed by atoms with Gasteiger partial charge in [-0.05, 0) is 63.8 Å². The average molecular weight is 552 g/mol. The number of hydrogen-bond acceptors (Lipinski definition) is 10. The quantitative estimate of drug-likeness (QED) is 0.0986. The number of anilines is 3. The first-order chi connectivity index (χ1) is 16.8. The summed E-state index contributed by atoms with van der Waals surface area (Å²) in [6.45, 7) is 2.21. The number of nitrogens with one attached hydrogen (secondary N) is 5. The Morgan fingerprint density at radius 1 is 1.14 bits per heavy atom. The lowest BCUT2D eigenvalue weighted by Crippen LogP contribution is -2.35. The number of amides is 2. The molecule has 186 valence electrons. The maximum absolute atomic E-state index is 13.6. The monoisotopic (exact) mass is 551 g/mol. The standard InChI is InChI=1S/C20H24BBrFN7O5/c1-11(28-34)17(26-14-6-7-16(23)15(22)10-14)18-19(30-35-29-18)24-8-9-25-20(31)27-13-4-2-12(3-5-13)21(32)33/h2-7,10-11,17,26,28,32-34H,8-9H2,1H3,(H,24,30)(H2,25,27,31)/t11-,17?/m0/s1. The van der Waals surface area contributed by atoms with E-state index < -0.39 is 31.1 Å². The smallest absolute Gasteiger partial charge is 0.423 e. The molecular formula is C20H24BBrFN7O5. The molecule has 0 aliphatic rings. The van der Waals surface area contributed by atoms with Crippen LogP contribution in [-0.2, 0) is 0 Å². The number of carbonyl (C=O) groups excluding carboxylic acids is 1. The summed E-state index contributed by atoms with van der Waals surface area (Å²) in [5, 5.41) is 46.9. The van der Waals surface area contributed by atoms with Gasteiger partial charge in [-0.3, -0.25) is 0 Å². The van der Waals surface area contributed by atoms with E-state index in [0.29, 0.717) is 28.3 Å². The zero-order valence-corrected chi connectivity index (χ0v) is 20.1. The van der Waals surface area contributed by atoms with Crippen LogP contribution in [0.15, 0.2) is 51.6 Å². The lowest BCUT2D eigenvalue weighted by atomic mass is 9.80. The Morgan fingerprint density at radius 3 is 2.51 bits per heavy atom. The number of nitrogens with zero attached hydrogens (tertiary/aromatic N) is 2. The summed E-state index contributed by atoms with van der Waals surface area (Å²) in [7, 11) is -1.58. The molecule has 0 radical (unpaired) electrons. The second-order valence-electron chi connectivity index (χ2n) is 7.47. The van der Waals surface area contributed by atoms with Gasteiger partial charge in [-0.1, -0.05) is 17.3 Å². The van der Waals surface area contributed by atoms with Crippen LogP contribution in [0.25, 0.3) is 0 Å². The van der Waals surface area contributed by atoms with Gasteiger partial charge >= 0.3 is 13.1 Å². The van der Waals surface area contributed by atoms with Gasteiger partial charge in [0.05, 0.1) is 16.6 Å². The predicted molar refractivity (Wildman–Crippen MR) is 131 cm³/mol. The largest absolute Gasteiger partial charge is 0.488 e. The van der Waals surface area contributed by atoms with E-state index >= 15 is 0 Å². The number of urea groups is 1. The van der Waals surface area contributed by atoms with Crippen LogP contribution in [0.4, 0.5) is 26.4 Å². The van der Waals surface area contributed by atoms with E-state index in [1.165, 1.54) is 18.2 Å². The maximum Gasteiger partial charge on any atom is 0.488 e. The van der Waals surface area contributed by atoms with Gasteiger partial charge in [-0.25, -0.2) is 19.3 Å². The van der Waals surface area contributed by atoms with Crippen LogP contribution in [0.3, 0.4) is 0 Å². The fraction of sp³-hybridized carbons (Fsp3) is 0.250. The summed E-state index contributed by atoms with van der Waals surface area (Å²) in [5.74, 6) is -0.116. The molecule has 1 unspecified atom stereocenters. The molecule has 3 aromatic rings.